The van der Waals surface area contributed by atoms with Crippen molar-refractivity contribution in [3.63, 3.8) is 0 Å². The number of carboxylic acids is 1. The summed E-state index contributed by atoms with van der Waals surface area (Å²) in [6.07, 6.45) is 0.404. The largest absolute Gasteiger partial charge is 0.480 e. The Bertz CT molecular complexity index is 585. The van der Waals surface area contributed by atoms with Crippen LogP contribution in [0, 0.1) is 11.6 Å². The van der Waals surface area contributed by atoms with E-state index in [1.54, 1.807) is 0 Å². The van der Waals surface area contributed by atoms with Crippen molar-refractivity contribution in [1.82, 2.24) is 5.32 Å². The topological polar surface area (TPSA) is 75.6 Å². The van der Waals surface area contributed by atoms with E-state index in [4.69, 9.17) is 9.84 Å². The van der Waals surface area contributed by atoms with Crippen molar-refractivity contribution in [2.75, 3.05) is 13.2 Å². The van der Waals surface area contributed by atoms with Crippen LogP contribution < -0.4 is 5.32 Å². The summed E-state index contributed by atoms with van der Waals surface area (Å²) in [4.78, 5) is 23.5. The van der Waals surface area contributed by atoms with Gasteiger partial charge in [-0.25, -0.2) is 8.78 Å². The van der Waals surface area contributed by atoms with E-state index >= 15 is 0 Å². The Hall–Kier alpha value is -2.02. The normalized spacial score (nSPS) is 18.5. The van der Waals surface area contributed by atoms with Gasteiger partial charge in [0.2, 0.25) is 5.91 Å². The Kier molecular flexibility index (Phi) is 4.75. The van der Waals surface area contributed by atoms with Gasteiger partial charge in [0.25, 0.3) is 0 Å². The third kappa shape index (κ3) is 3.09. The number of rotatable bonds is 4. The lowest BCUT2D eigenvalue weighted by molar-refractivity contribution is -0.143. The lowest BCUT2D eigenvalue weighted by Gasteiger charge is -2.36. The zero-order valence-corrected chi connectivity index (χ0v) is 12.1. The number of aliphatic carboxylic acids is 1. The molecule has 7 heteroatoms. The molecule has 1 amide bonds. The standard InChI is InChI=1S/C15H17F2NO4/c1-9(13(19)20)18-14(21)15(4-6-22-7-5-15)11-3-2-10(16)8-12(11)17/h2-3,8-9H,4-7H2,1H3,(H,18,21)(H,19,20)/t9-/m0/s1. The fraction of sp³-hybridized carbons (Fsp3) is 0.467. The Morgan fingerprint density at radius 1 is 1.32 bits per heavy atom. The minimum Gasteiger partial charge on any atom is -0.480 e. The van der Waals surface area contributed by atoms with Gasteiger partial charge >= 0.3 is 5.97 Å². The monoisotopic (exact) mass is 313 g/mol. The van der Waals surface area contributed by atoms with Gasteiger partial charge in [-0.2, -0.15) is 0 Å². The maximum absolute atomic E-state index is 14.2. The molecule has 22 heavy (non-hydrogen) atoms. The number of hydrogen-bond acceptors (Lipinski definition) is 3. The Labute approximate surface area is 126 Å². The Balaban J connectivity index is 2.39. The number of hydrogen-bond donors (Lipinski definition) is 2. The van der Waals surface area contributed by atoms with E-state index in [0.29, 0.717) is 0 Å². The molecule has 0 saturated carbocycles. The van der Waals surface area contributed by atoms with E-state index < -0.39 is 35.0 Å². The average molecular weight is 313 g/mol. The average Bonchev–Trinajstić information content (AvgIpc) is 2.47. The number of ether oxygens (including phenoxy) is 1. The summed E-state index contributed by atoms with van der Waals surface area (Å²) in [6.45, 7) is 1.81. The van der Waals surface area contributed by atoms with E-state index in [0.717, 1.165) is 12.1 Å². The van der Waals surface area contributed by atoms with Gasteiger partial charge in [-0.1, -0.05) is 6.07 Å². The zero-order valence-electron chi connectivity index (χ0n) is 12.1. The summed E-state index contributed by atoms with van der Waals surface area (Å²) in [5.41, 5.74) is -1.19. The number of benzene rings is 1. The number of carbonyl (C=O) groups excluding carboxylic acids is 1. The van der Waals surface area contributed by atoms with Crippen LogP contribution >= 0.6 is 0 Å². The second kappa shape index (κ2) is 6.39. The molecule has 0 radical (unpaired) electrons. The molecule has 1 aromatic rings. The van der Waals surface area contributed by atoms with Crippen LogP contribution in [0.15, 0.2) is 18.2 Å². The van der Waals surface area contributed by atoms with E-state index in [2.05, 4.69) is 5.32 Å². The van der Waals surface area contributed by atoms with Crippen molar-refractivity contribution in [2.45, 2.75) is 31.2 Å². The molecule has 0 spiro atoms. The smallest absolute Gasteiger partial charge is 0.325 e. The van der Waals surface area contributed by atoms with Crippen LogP contribution in [0.2, 0.25) is 0 Å². The van der Waals surface area contributed by atoms with Gasteiger partial charge < -0.3 is 15.2 Å². The summed E-state index contributed by atoms with van der Waals surface area (Å²) >= 11 is 0. The number of halogens is 2. The van der Waals surface area contributed by atoms with Gasteiger partial charge in [0.1, 0.15) is 17.7 Å². The van der Waals surface area contributed by atoms with Crippen molar-refractivity contribution in [3.8, 4) is 0 Å². The first-order chi connectivity index (χ1) is 10.4. The van der Waals surface area contributed by atoms with Gasteiger partial charge in [0.15, 0.2) is 0 Å². The van der Waals surface area contributed by atoms with Crippen molar-refractivity contribution in [1.29, 1.82) is 0 Å². The molecule has 1 aliphatic rings. The first-order valence-corrected chi connectivity index (χ1v) is 6.94. The molecule has 5 nitrogen and oxygen atoms in total. The highest BCUT2D eigenvalue weighted by Crippen LogP contribution is 2.37. The van der Waals surface area contributed by atoms with Crippen LogP contribution in [-0.4, -0.2) is 36.2 Å². The van der Waals surface area contributed by atoms with Gasteiger partial charge in [-0.15, -0.1) is 0 Å². The van der Waals surface area contributed by atoms with Crippen molar-refractivity contribution >= 4 is 11.9 Å². The Morgan fingerprint density at radius 2 is 1.95 bits per heavy atom. The zero-order chi connectivity index (χ0) is 16.3. The number of carboxylic acid groups (broad SMARTS) is 1. The van der Waals surface area contributed by atoms with E-state index in [-0.39, 0.29) is 31.6 Å². The minimum atomic E-state index is -1.25. The minimum absolute atomic E-state index is 0.0623. The predicted octanol–water partition coefficient (Wildman–Crippen LogP) is 1.60. The quantitative estimate of drug-likeness (QED) is 0.885. The van der Waals surface area contributed by atoms with Crippen molar-refractivity contribution in [3.05, 3.63) is 35.4 Å². The summed E-state index contributed by atoms with van der Waals surface area (Å²) < 4.78 is 32.5. The molecule has 0 bridgehead atoms. The second-order valence-corrected chi connectivity index (χ2v) is 5.35. The van der Waals surface area contributed by atoms with Gasteiger partial charge in [0, 0.05) is 24.8 Å². The van der Waals surface area contributed by atoms with Gasteiger partial charge in [0.05, 0.1) is 5.41 Å². The number of carbonyl (C=O) groups is 2. The molecular weight excluding hydrogens is 296 g/mol. The molecule has 0 aromatic heterocycles. The SMILES string of the molecule is C[C@H](NC(=O)C1(c2ccc(F)cc2F)CCOCC1)C(=O)O. The highest BCUT2D eigenvalue weighted by Gasteiger charge is 2.44. The highest BCUT2D eigenvalue weighted by atomic mass is 19.1. The van der Waals surface area contributed by atoms with E-state index in [9.17, 15) is 18.4 Å². The lowest BCUT2D eigenvalue weighted by atomic mass is 9.73. The molecule has 1 heterocycles. The van der Waals surface area contributed by atoms with Crippen molar-refractivity contribution in [2.24, 2.45) is 0 Å². The third-order valence-electron chi connectivity index (χ3n) is 3.95. The van der Waals surface area contributed by atoms with Gasteiger partial charge in [-0.05, 0) is 25.8 Å². The number of amides is 1. The lowest BCUT2D eigenvalue weighted by Crippen LogP contribution is -2.52. The van der Waals surface area contributed by atoms with Crippen LogP contribution in [0.25, 0.3) is 0 Å². The maximum atomic E-state index is 14.2. The molecule has 1 atom stereocenters. The Morgan fingerprint density at radius 3 is 2.50 bits per heavy atom. The van der Waals surface area contributed by atoms with E-state index in [1.807, 2.05) is 0 Å². The first-order valence-electron chi connectivity index (χ1n) is 6.94. The predicted molar refractivity (Wildman–Crippen MR) is 73.3 cm³/mol. The molecule has 1 saturated heterocycles. The van der Waals surface area contributed by atoms with Crippen LogP contribution in [0.4, 0.5) is 8.78 Å². The van der Waals surface area contributed by atoms with Crippen molar-refractivity contribution < 1.29 is 28.2 Å². The summed E-state index contributed by atoms with van der Waals surface area (Å²) in [7, 11) is 0. The summed E-state index contributed by atoms with van der Waals surface area (Å²) in [5.74, 6) is -3.32. The van der Waals surface area contributed by atoms with Crippen LogP contribution in [-0.2, 0) is 19.7 Å². The van der Waals surface area contributed by atoms with Crippen LogP contribution in [0.1, 0.15) is 25.3 Å². The summed E-state index contributed by atoms with van der Waals surface area (Å²) in [6, 6.07) is 1.95. The second-order valence-electron chi connectivity index (χ2n) is 5.35. The fourth-order valence-electron chi connectivity index (χ4n) is 2.61. The molecule has 120 valence electrons. The molecule has 1 fully saturated rings. The molecular formula is C15H17F2NO4. The molecule has 2 N–H and O–H groups in total. The highest BCUT2D eigenvalue weighted by molar-refractivity contribution is 5.91. The number of nitrogens with one attached hydrogen (secondary N) is 1. The molecule has 2 rings (SSSR count). The first kappa shape index (κ1) is 16.4. The molecule has 0 aliphatic carbocycles. The fourth-order valence-corrected chi connectivity index (χ4v) is 2.61. The summed E-state index contributed by atoms with van der Waals surface area (Å²) in [5, 5.41) is 11.3. The molecule has 1 aliphatic heterocycles. The molecule has 0 unspecified atom stereocenters. The van der Waals surface area contributed by atoms with E-state index in [1.165, 1.54) is 13.0 Å². The third-order valence-corrected chi connectivity index (χ3v) is 3.95. The van der Waals surface area contributed by atoms with Gasteiger partial charge in [-0.3, -0.25) is 9.59 Å². The molecule has 1 aromatic carbocycles. The maximum Gasteiger partial charge on any atom is 0.325 e. The van der Waals surface area contributed by atoms with Crippen LogP contribution in [0.3, 0.4) is 0 Å². The van der Waals surface area contributed by atoms with Crippen LogP contribution in [0.5, 0.6) is 0 Å².